The molecule has 0 saturated carbocycles. The highest BCUT2D eigenvalue weighted by molar-refractivity contribution is 6.02. The number of halogens is 3. The minimum Gasteiger partial charge on any atom is -0.486 e. The van der Waals surface area contributed by atoms with Gasteiger partial charge in [-0.25, -0.2) is 9.67 Å². The van der Waals surface area contributed by atoms with Crippen LogP contribution in [0.5, 0.6) is 5.75 Å². The first kappa shape index (κ1) is 21.1. The van der Waals surface area contributed by atoms with Crippen molar-refractivity contribution >= 4 is 11.6 Å². The fourth-order valence-corrected chi connectivity index (χ4v) is 2.91. The minimum atomic E-state index is -4.56. The Balaban J connectivity index is 1.42. The number of carbonyl (C=O) groups is 1. The van der Waals surface area contributed by atoms with Gasteiger partial charge in [-0.15, -0.1) is 5.10 Å². The molecule has 0 radical (unpaired) electrons. The van der Waals surface area contributed by atoms with Gasteiger partial charge in [-0.3, -0.25) is 4.79 Å². The molecular formula is C21H17F3N6O2. The number of anilines is 1. The number of amides is 1. The molecule has 0 atom stereocenters. The molecule has 0 aliphatic heterocycles. The number of rotatable bonds is 6. The Kier molecular flexibility index (Phi) is 5.63. The standard InChI is InChI=1S/C21H17F3N6O2/c1-29-11-10-25-19(29)13-32-15-8-6-14(7-9-15)26-20(31)17-12-30(28-27-17)18-5-3-2-4-16(18)21(22,23)24/h2-12H,13H2,1H3,(H,26,31). The van der Waals surface area contributed by atoms with Gasteiger partial charge in [-0.2, -0.15) is 13.2 Å². The summed E-state index contributed by atoms with van der Waals surface area (Å²) in [7, 11) is 1.86. The molecule has 0 aliphatic carbocycles. The predicted molar refractivity (Wildman–Crippen MR) is 108 cm³/mol. The number of para-hydroxylation sites is 1. The fourth-order valence-electron chi connectivity index (χ4n) is 2.91. The molecule has 0 bridgehead atoms. The number of imidazole rings is 1. The van der Waals surface area contributed by atoms with E-state index in [2.05, 4.69) is 20.6 Å². The number of benzene rings is 2. The van der Waals surface area contributed by atoms with E-state index < -0.39 is 17.6 Å². The largest absolute Gasteiger partial charge is 0.486 e. The van der Waals surface area contributed by atoms with Crippen LogP contribution in [0.1, 0.15) is 21.9 Å². The Labute approximate surface area is 180 Å². The highest BCUT2D eigenvalue weighted by Gasteiger charge is 2.34. The summed E-state index contributed by atoms with van der Waals surface area (Å²) in [4.78, 5) is 16.6. The van der Waals surface area contributed by atoms with Crippen LogP contribution < -0.4 is 10.1 Å². The summed E-state index contributed by atoms with van der Waals surface area (Å²) in [6.07, 6.45) is 0.0692. The van der Waals surface area contributed by atoms with E-state index in [1.165, 1.54) is 18.2 Å². The van der Waals surface area contributed by atoms with Gasteiger partial charge < -0.3 is 14.6 Å². The van der Waals surface area contributed by atoms with Crippen molar-refractivity contribution in [3.05, 3.63) is 84.2 Å². The summed E-state index contributed by atoms with van der Waals surface area (Å²) in [6.45, 7) is 0.289. The van der Waals surface area contributed by atoms with Crippen molar-refractivity contribution in [2.45, 2.75) is 12.8 Å². The zero-order chi connectivity index (χ0) is 22.7. The molecule has 2 aromatic carbocycles. The monoisotopic (exact) mass is 442 g/mol. The first-order valence-corrected chi connectivity index (χ1v) is 9.40. The number of hydrogen-bond donors (Lipinski definition) is 1. The molecule has 4 rings (SSSR count). The Morgan fingerprint density at radius 3 is 2.56 bits per heavy atom. The van der Waals surface area contributed by atoms with Gasteiger partial charge in [0.05, 0.1) is 17.4 Å². The molecule has 1 N–H and O–H groups in total. The molecule has 11 heteroatoms. The first-order valence-electron chi connectivity index (χ1n) is 9.40. The Morgan fingerprint density at radius 2 is 1.88 bits per heavy atom. The molecule has 0 fully saturated rings. The molecule has 0 unspecified atom stereocenters. The second kappa shape index (κ2) is 8.53. The Hall–Kier alpha value is -4.15. The number of nitrogens with zero attached hydrogens (tertiary/aromatic N) is 5. The Morgan fingerprint density at radius 1 is 1.12 bits per heavy atom. The molecule has 2 heterocycles. The van der Waals surface area contributed by atoms with Crippen LogP contribution in [0.4, 0.5) is 18.9 Å². The van der Waals surface area contributed by atoms with Gasteiger partial charge in [0, 0.05) is 25.1 Å². The lowest BCUT2D eigenvalue weighted by molar-refractivity contribution is -0.137. The molecule has 4 aromatic rings. The van der Waals surface area contributed by atoms with Crippen molar-refractivity contribution in [2.75, 3.05) is 5.32 Å². The van der Waals surface area contributed by atoms with E-state index in [0.717, 1.165) is 22.8 Å². The van der Waals surface area contributed by atoms with E-state index in [4.69, 9.17) is 4.74 Å². The lowest BCUT2D eigenvalue weighted by Crippen LogP contribution is -2.12. The van der Waals surface area contributed by atoms with Gasteiger partial charge in [0.25, 0.3) is 5.91 Å². The van der Waals surface area contributed by atoms with Gasteiger partial charge in [-0.1, -0.05) is 17.3 Å². The molecule has 2 aromatic heterocycles. The van der Waals surface area contributed by atoms with Crippen LogP contribution in [-0.4, -0.2) is 30.5 Å². The summed E-state index contributed by atoms with van der Waals surface area (Å²) in [5.74, 6) is 0.737. The normalized spacial score (nSPS) is 11.4. The average Bonchev–Trinajstić information content (AvgIpc) is 3.42. The van der Waals surface area contributed by atoms with Gasteiger partial charge in [-0.05, 0) is 36.4 Å². The smallest absolute Gasteiger partial charge is 0.418 e. The fraction of sp³-hybridized carbons (Fsp3) is 0.143. The number of nitrogens with one attached hydrogen (secondary N) is 1. The average molecular weight is 442 g/mol. The zero-order valence-electron chi connectivity index (χ0n) is 16.7. The van der Waals surface area contributed by atoms with E-state index >= 15 is 0 Å². The molecule has 1 amide bonds. The van der Waals surface area contributed by atoms with Crippen molar-refractivity contribution < 1.29 is 22.7 Å². The lowest BCUT2D eigenvalue weighted by Gasteiger charge is -2.11. The summed E-state index contributed by atoms with van der Waals surface area (Å²) < 4.78 is 48.1. The van der Waals surface area contributed by atoms with E-state index in [0.29, 0.717) is 11.4 Å². The lowest BCUT2D eigenvalue weighted by atomic mass is 10.1. The van der Waals surface area contributed by atoms with Crippen molar-refractivity contribution in [3.63, 3.8) is 0 Å². The second-order valence-electron chi connectivity index (χ2n) is 6.78. The second-order valence-corrected chi connectivity index (χ2v) is 6.78. The number of carbonyl (C=O) groups excluding carboxylic acids is 1. The molecule has 32 heavy (non-hydrogen) atoms. The van der Waals surface area contributed by atoms with Gasteiger partial charge in [0.2, 0.25) is 0 Å². The SMILES string of the molecule is Cn1ccnc1COc1ccc(NC(=O)c2cn(-c3ccccc3C(F)(F)F)nn2)cc1. The van der Waals surface area contributed by atoms with Gasteiger partial charge in [0.1, 0.15) is 18.2 Å². The van der Waals surface area contributed by atoms with Crippen molar-refractivity contribution in [1.29, 1.82) is 0 Å². The molecular weight excluding hydrogens is 425 g/mol. The van der Waals surface area contributed by atoms with Crippen LogP contribution in [0.25, 0.3) is 5.69 Å². The predicted octanol–water partition coefficient (Wildman–Crippen LogP) is 3.85. The van der Waals surface area contributed by atoms with Gasteiger partial charge in [0.15, 0.2) is 5.69 Å². The summed E-state index contributed by atoms with van der Waals surface area (Å²) >= 11 is 0. The highest BCUT2D eigenvalue weighted by atomic mass is 19.4. The highest BCUT2D eigenvalue weighted by Crippen LogP contribution is 2.33. The zero-order valence-corrected chi connectivity index (χ0v) is 16.7. The van der Waals surface area contributed by atoms with Crippen molar-refractivity contribution in [2.24, 2.45) is 7.05 Å². The third kappa shape index (κ3) is 4.61. The topological polar surface area (TPSA) is 86.9 Å². The molecule has 0 saturated heterocycles. The van der Waals surface area contributed by atoms with Crippen LogP contribution in [0.2, 0.25) is 0 Å². The van der Waals surface area contributed by atoms with E-state index in [1.807, 2.05) is 17.8 Å². The van der Waals surface area contributed by atoms with Crippen LogP contribution in [0.15, 0.2) is 67.1 Å². The third-order valence-corrected chi connectivity index (χ3v) is 4.58. The third-order valence-electron chi connectivity index (χ3n) is 4.58. The Bertz CT molecular complexity index is 1230. The maximum absolute atomic E-state index is 13.2. The summed E-state index contributed by atoms with van der Waals surface area (Å²) in [5.41, 5.74) is -0.763. The van der Waals surface area contributed by atoms with Gasteiger partial charge >= 0.3 is 6.18 Å². The van der Waals surface area contributed by atoms with E-state index in [-0.39, 0.29) is 18.0 Å². The van der Waals surface area contributed by atoms with Crippen LogP contribution in [0, 0.1) is 0 Å². The number of aromatic nitrogens is 5. The van der Waals surface area contributed by atoms with Crippen LogP contribution >= 0.6 is 0 Å². The molecule has 8 nitrogen and oxygen atoms in total. The molecule has 164 valence electrons. The summed E-state index contributed by atoms with van der Waals surface area (Å²) in [5, 5.41) is 9.99. The molecule has 0 aliphatic rings. The maximum Gasteiger partial charge on any atom is 0.418 e. The minimum absolute atomic E-state index is 0.128. The first-order chi connectivity index (χ1) is 15.3. The van der Waals surface area contributed by atoms with Crippen LogP contribution in [-0.2, 0) is 19.8 Å². The van der Waals surface area contributed by atoms with Crippen LogP contribution in [0.3, 0.4) is 0 Å². The quantitative estimate of drug-likeness (QED) is 0.490. The number of hydrogen-bond acceptors (Lipinski definition) is 5. The van der Waals surface area contributed by atoms with Crippen molar-refractivity contribution in [1.82, 2.24) is 24.5 Å². The number of aryl methyl sites for hydroxylation is 1. The van der Waals surface area contributed by atoms with E-state index in [9.17, 15) is 18.0 Å². The number of ether oxygens (including phenoxy) is 1. The molecule has 0 spiro atoms. The summed E-state index contributed by atoms with van der Waals surface area (Å²) in [6, 6.07) is 11.5. The maximum atomic E-state index is 13.2. The number of alkyl halides is 3. The van der Waals surface area contributed by atoms with E-state index in [1.54, 1.807) is 30.5 Å². The van der Waals surface area contributed by atoms with Crippen molar-refractivity contribution in [3.8, 4) is 11.4 Å².